The minimum absolute atomic E-state index is 0.0480. The van der Waals surface area contributed by atoms with Gasteiger partial charge in [0.2, 0.25) is 17.7 Å². The van der Waals surface area contributed by atoms with Crippen molar-refractivity contribution in [1.29, 1.82) is 0 Å². The monoisotopic (exact) mass is 435 g/mol. The number of hydrogen-bond donors (Lipinski definition) is 1. The van der Waals surface area contributed by atoms with Crippen molar-refractivity contribution in [2.45, 2.75) is 39.5 Å². The predicted octanol–water partition coefficient (Wildman–Crippen LogP) is 3.82. The summed E-state index contributed by atoms with van der Waals surface area (Å²) in [5, 5.41) is 2.94. The maximum atomic E-state index is 13.0. The second-order valence-electron chi connectivity index (χ2n) is 8.50. The van der Waals surface area contributed by atoms with E-state index < -0.39 is 5.92 Å². The molecule has 2 heterocycles. The summed E-state index contributed by atoms with van der Waals surface area (Å²) in [5.41, 5.74) is 4.27. The highest BCUT2D eigenvalue weighted by molar-refractivity contribution is 6.04. The molecule has 168 valence electrons. The molecule has 2 saturated heterocycles. The number of nitrogens with zero attached hydrogens (tertiary/aromatic N) is 2. The van der Waals surface area contributed by atoms with E-state index >= 15 is 0 Å². The molecule has 2 fully saturated rings. The van der Waals surface area contributed by atoms with Crippen LogP contribution < -0.4 is 19.9 Å². The molecule has 4 rings (SSSR count). The quantitative estimate of drug-likeness (QED) is 0.774. The minimum Gasteiger partial charge on any atom is -0.495 e. The van der Waals surface area contributed by atoms with E-state index in [-0.39, 0.29) is 24.1 Å². The second kappa shape index (κ2) is 9.02. The van der Waals surface area contributed by atoms with Gasteiger partial charge in [-0.25, -0.2) is 0 Å². The van der Waals surface area contributed by atoms with Gasteiger partial charge in [-0.3, -0.25) is 14.4 Å². The van der Waals surface area contributed by atoms with Gasteiger partial charge in [-0.05, 0) is 62.1 Å². The third-order valence-corrected chi connectivity index (χ3v) is 6.42. The number of piperidine rings is 1. The Bertz CT molecular complexity index is 1070. The van der Waals surface area contributed by atoms with Crippen molar-refractivity contribution >= 4 is 34.8 Å². The smallest absolute Gasteiger partial charge is 0.229 e. The molecule has 7 nitrogen and oxygen atoms in total. The van der Waals surface area contributed by atoms with Crippen molar-refractivity contribution in [2.75, 3.05) is 35.3 Å². The number of methoxy groups -OCH3 is 1. The zero-order valence-corrected chi connectivity index (χ0v) is 18.8. The first-order valence-corrected chi connectivity index (χ1v) is 11.0. The number of anilines is 3. The molecular formula is C25H29N3O4. The fraction of sp³-hybridized carbons (Fsp3) is 0.400. The van der Waals surface area contributed by atoms with E-state index in [1.165, 1.54) is 0 Å². The van der Waals surface area contributed by atoms with Crippen LogP contribution in [0, 0.1) is 19.8 Å². The molecular weight excluding hydrogens is 406 g/mol. The Kier molecular flexibility index (Phi) is 6.17. The van der Waals surface area contributed by atoms with Crippen molar-refractivity contribution in [2.24, 2.45) is 5.92 Å². The summed E-state index contributed by atoms with van der Waals surface area (Å²) in [4.78, 5) is 41.5. The van der Waals surface area contributed by atoms with Crippen LogP contribution >= 0.6 is 0 Å². The van der Waals surface area contributed by atoms with Gasteiger partial charge in [0.05, 0.1) is 18.7 Å². The van der Waals surface area contributed by atoms with Crippen LogP contribution in [0.2, 0.25) is 0 Å². The highest BCUT2D eigenvalue weighted by Gasteiger charge is 2.36. The van der Waals surface area contributed by atoms with E-state index in [0.717, 1.165) is 29.7 Å². The van der Waals surface area contributed by atoms with Crippen LogP contribution in [0.4, 0.5) is 17.1 Å². The molecule has 0 aromatic heterocycles. The van der Waals surface area contributed by atoms with Crippen LogP contribution in [0.3, 0.4) is 0 Å². The SMILES string of the molecule is COc1ccc(NC(=O)C2CC(=O)N(c3cccc(C)c3C)C2)cc1N1CCCCC1=O. The number of rotatable bonds is 5. The third kappa shape index (κ3) is 4.20. The van der Waals surface area contributed by atoms with Crippen LogP contribution in [-0.4, -0.2) is 37.9 Å². The zero-order chi connectivity index (χ0) is 22.8. The molecule has 0 spiro atoms. The highest BCUT2D eigenvalue weighted by Crippen LogP contribution is 2.34. The van der Waals surface area contributed by atoms with Crippen LogP contribution in [-0.2, 0) is 14.4 Å². The number of carbonyl (C=O) groups excluding carboxylic acids is 3. The summed E-state index contributed by atoms with van der Waals surface area (Å²) in [7, 11) is 1.57. The van der Waals surface area contributed by atoms with Gasteiger partial charge < -0.3 is 19.9 Å². The highest BCUT2D eigenvalue weighted by atomic mass is 16.5. The van der Waals surface area contributed by atoms with Gasteiger partial charge in [0, 0.05) is 37.3 Å². The molecule has 0 radical (unpaired) electrons. The molecule has 7 heteroatoms. The number of ether oxygens (including phenoxy) is 1. The van der Waals surface area contributed by atoms with Crippen LogP contribution in [0.25, 0.3) is 0 Å². The second-order valence-corrected chi connectivity index (χ2v) is 8.50. The Balaban J connectivity index is 1.50. The molecule has 1 unspecified atom stereocenters. The van der Waals surface area contributed by atoms with E-state index in [1.54, 1.807) is 35.1 Å². The van der Waals surface area contributed by atoms with Gasteiger partial charge >= 0.3 is 0 Å². The molecule has 1 atom stereocenters. The summed E-state index contributed by atoms with van der Waals surface area (Å²) in [6.45, 7) is 4.99. The lowest BCUT2D eigenvalue weighted by atomic mass is 10.1. The Morgan fingerprint density at radius 1 is 1.03 bits per heavy atom. The molecule has 0 aliphatic carbocycles. The molecule has 0 bridgehead atoms. The maximum absolute atomic E-state index is 13.0. The minimum atomic E-state index is -0.440. The van der Waals surface area contributed by atoms with Gasteiger partial charge in [0.1, 0.15) is 5.75 Å². The van der Waals surface area contributed by atoms with Crippen molar-refractivity contribution in [1.82, 2.24) is 0 Å². The summed E-state index contributed by atoms with van der Waals surface area (Å²) in [6.07, 6.45) is 2.51. The van der Waals surface area contributed by atoms with Crippen molar-refractivity contribution < 1.29 is 19.1 Å². The molecule has 2 aromatic rings. The first kappa shape index (κ1) is 21.9. The molecule has 32 heavy (non-hydrogen) atoms. The normalized spacial score (nSPS) is 18.8. The lowest BCUT2D eigenvalue weighted by molar-refractivity contribution is -0.122. The number of carbonyl (C=O) groups is 3. The van der Waals surface area contributed by atoms with E-state index in [2.05, 4.69) is 5.32 Å². The number of amides is 3. The maximum Gasteiger partial charge on any atom is 0.229 e. The van der Waals surface area contributed by atoms with E-state index in [9.17, 15) is 14.4 Å². The average molecular weight is 436 g/mol. The van der Waals surface area contributed by atoms with E-state index in [0.29, 0.717) is 36.6 Å². The fourth-order valence-electron chi connectivity index (χ4n) is 4.43. The number of hydrogen-bond acceptors (Lipinski definition) is 4. The number of aryl methyl sites for hydroxylation is 1. The van der Waals surface area contributed by atoms with Crippen molar-refractivity contribution in [3.63, 3.8) is 0 Å². The number of nitrogens with one attached hydrogen (secondary N) is 1. The molecule has 2 aliphatic rings. The van der Waals surface area contributed by atoms with E-state index in [1.807, 2.05) is 32.0 Å². The van der Waals surface area contributed by atoms with E-state index in [4.69, 9.17) is 4.74 Å². The molecule has 2 aromatic carbocycles. The fourth-order valence-corrected chi connectivity index (χ4v) is 4.43. The van der Waals surface area contributed by atoms with Crippen molar-refractivity contribution in [3.8, 4) is 5.75 Å². The van der Waals surface area contributed by atoms with Gasteiger partial charge in [0.15, 0.2) is 0 Å². The Morgan fingerprint density at radius 3 is 2.59 bits per heavy atom. The van der Waals surface area contributed by atoms with Gasteiger partial charge in [-0.15, -0.1) is 0 Å². The summed E-state index contributed by atoms with van der Waals surface area (Å²) < 4.78 is 5.45. The van der Waals surface area contributed by atoms with Crippen molar-refractivity contribution in [3.05, 3.63) is 47.5 Å². The lowest BCUT2D eigenvalue weighted by Gasteiger charge is -2.28. The summed E-state index contributed by atoms with van der Waals surface area (Å²) in [5.74, 6) is -0.0380. The lowest BCUT2D eigenvalue weighted by Crippen LogP contribution is -2.35. The first-order chi connectivity index (χ1) is 15.4. The average Bonchev–Trinajstić information content (AvgIpc) is 3.17. The van der Waals surface area contributed by atoms with Gasteiger partial charge in [0.25, 0.3) is 0 Å². The first-order valence-electron chi connectivity index (χ1n) is 11.0. The number of benzene rings is 2. The largest absolute Gasteiger partial charge is 0.495 e. The predicted molar refractivity (Wildman–Crippen MR) is 124 cm³/mol. The Hall–Kier alpha value is -3.35. The molecule has 2 aliphatic heterocycles. The zero-order valence-electron chi connectivity index (χ0n) is 18.8. The standard InChI is InChI=1S/C25H29N3O4/c1-16-7-6-8-20(17(16)2)28-15-18(13-24(28)30)25(31)26-19-10-11-22(32-3)21(14-19)27-12-5-4-9-23(27)29/h6-8,10-11,14,18H,4-5,9,12-13,15H2,1-3H3,(H,26,31). The van der Waals surface area contributed by atoms with Crippen LogP contribution in [0.15, 0.2) is 36.4 Å². The molecule has 3 amide bonds. The Morgan fingerprint density at radius 2 is 1.84 bits per heavy atom. The third-order valence-electron chi connectivity index (χ3n) is 6.42. The molecule has 1 N–H and O–H groups in total. The van der Waals surface area contributed by atoms with Crippen LogP contribution in [0.1, 0.15) is 36.8 Å². The summed E-state index contributed by atoms with van der Waals surface area (Å²) in [6, 6.07) is 11.2. The summed E-state index contributed by atoms with van der Waals surface area (Å²) >= 11 is 0. The Labute approximate surface area is 188 Å². The van der Waals surface area contributed by atoms with Crippen LogP contribution in [0.5, 0.6) is 5.75 Å². The molecule has 0 saturated carbocycles. The van der Waals surface area contributed by atoms with Gasteiger partial charge in [-0.1, -0.05) is 12.1 Å². The topological polar surface area (TPSA) is 79.0 Å². The van der Waals surface area contributed by atoms with Gasteiger partial charge in [-0.2, -0.15) is 0 Å².